The highest BCUT2D eigenvalue weighted by Crippen LogP contribution is 2.17. The Morgan fingerprint density at radius 2 is 2.00 bits per heavy atom. The van der Waals surface area contributed by atoms with Gasteiger partial charge >= 0.3 is 0 Å². The maximum atomic E-state index is 11.8. The van der Waals surface area contributed by atoms with Crippen LogP contribution in [-0.2, 0) is 6.42 Å². The number of benzene rings is 1. The average molecular weight is 201 g/mol. The summed E-state index contributed by atoms with van der Waals surface area (Å²) in [6.45, 7) is 0. The molecule has 0 aliphatic carbocycles. The molecule has 3 nitrogen and oxygen atoms in total. The van der Waals surface area contributed by atoms with Crippen LogP contribution in [0.4, 0.5) is 0 Å². The predicted molar refractivity (Wildman–Crippen MR) is 56.9 cm³/mol. The molecule has 0 aliphatic rings. The van der Waals surface area contributed by atoms with Crippen molar-refractivity contribution in [2.45, 2.75) is 6.42 Å². The van der Waals surface area contributed by atoms with Crippen LogP contribution in [-0.4, -0.2) is 15.9 Å². The minimum absolute atomic E-state index is 0.0362. The van der Waals surface area contributed by atoms with Crippen molar-refractivity contribution < 1.29 is 9.90 Å². The third-order valence-corrected chi connectivity index (χ3v) is 2.22. The van der Waals surface area contributed by atoms with E-state index in [9.17, 15) is 9.90 Å². The summed E-state index contributed by atoms with van der Waals surface area (Å²) >= 11 is 0. The van der Waals surface area contributed by atoms with Gasteiger partial charge in [0, 0.05) is 11.9 Å². The summed E-state index contributed by atoms with van der Waals surface area (Å²) in [6.07, 6.45) is 2.05. The molecule has 0 fully saturated rings. The molecule has 0 atom stereocenters. The van der Waals surface area contributed by atoms with Crippen LogP contribution in [0.5, 0.6) is 5.75 Å². The van der Waals surface area contributed by atoms with Gasteiger partial charge in [-0.1, -0.05) is 12.1 Å². The van der Waals surface area contributed by atoms with Crippen molar-refractivity contribution >= 4 is 5.78 Å². The number of aromatic hydroxyl groups is 1. The second-order valence-corrected chi connectivity index (χ2v) is 3.31. The maximum Gasteiger partial charge on any atom is 0.172 e. The highest BCUT2D eigenvalue weighted by molar-refractivity contribution is 5.99. The highest BCUT2D eigenvalue weighted by atomic mass is 16.3. The maximum absolute atomic E-state index is 11.8. The lowest BCUT2D eigenvalue weighted by atomic mass is 10.1. The van der Waals surface area contributed by atoms with Gasteiger partial charge in [0.15, 0.2) is 5.78 Å². The van der Waals surface area contributed by atoms with Crippen molar-refractivity contribution in [1.82, 2.24) is 4.98 Å². The van der Waals surface area contributed by atoms with Gasteiger partial charge < -0.3 is 10.1 Å². The largest absolute Gasteiger partial charge is 0.507 e. The first-order valence-corrected chi connectivity index (χ1v) is 4.71. The van der Waals surface area contributed by atoms with Crippen molar-refractivity contribution in [2.24, 2.45) is 0 Å². The van der Waals surface area contributed by atoms with Gasteiger partial charge in [0.05, 0.1) is 12.0 Å². The van der Waals surface area contributed by atoms with Crippen LogP contribution in [0.1, 0.15) is 16.1 Å². The van der Waals surface area contributed by atoms with Gasteiger partial charge in [-0.15, -0.1) is 0 Å². The topological polar surface area (TPSA) is 53.1 Å². The Bertz CT molecular complexity index is 460. The molecular formula is C12H11NO2. The fraction of sp³-hybridized carbons (Fsp3) is 0.0833. The van der Waals surface area contributed by atoms with Crippen LogP contribution in [0.3, 0.4) is 0 Å². The second kappa shape index (κ2) is 4.00. The van der Waals surface area contributed by atoms with Crippen molar-refractivity contribution in [1.29, 1.82) is 0 Å². The normalized spacial score (nSPS) is 10.1. The first-order valence-electron chi connectivity index (χ1n) is 4.71. The van der Waals surface area contributed by atoms with Crippen molar-refractivity contribution in [3.05, 3.63) is 53.9 Å². The number of hydrogen-bond donors (Lipinski definition) is 2. The Morgan fingerprint density at radius 3 is 2.67 bits per heavy atom. The number of aromatic nitrogens is 1. The Balaban J connectivity index is 2.19. The summed E-state index contributed by atoms with van der Waals surface area (Å²) in [4.78, 5) is 14.7. The number of phenols is 1. The first kappa shape index (κ1) is 9.52. The van der Waals surface area contributed by atoms with Crippen LogP contribution in [0, 0.1) is 0 Å². The van der Waals surface area contributed by atoms with Gasteiger partial charge in [-0.2, -0.15) is 0 Å². The van der Waals surface area contributed by atoms with Crippen LogP contribution in [0.2, 0.25) is 0 Å². The van der Waals surface area contributed by atoms with E-state index in [0.29, 0.717) is 5.56 Å². The molecule has 2 aromatic rings. The number of nitrogens with one attached hydrogen (secondary N) is 1. The van der Waals surface area contributed by atoms with E-state index in [2.05, 4.69) is 4.98 Å². The van der Waals surface area contributed by atoms with E-state index in [0.717, 1.165) is 5.69 Å². The second-order valence-electron chi connectivity index (χ2n) is 3.31. The molecule has 1 aromatic carbocycles. The number of carbonyl (C=O) groups is 1. The number of carbonyl (C=O) groups excluding carboxylic acids is 1. The molecule has 1 aromatic heterocycles. The molecule has 1 heterocycles. The zero-order valence-corrected chi connectivity index (χ0v) is 8.10. The Hall–Kier alpha value is -2.03. The third-order valence-electron chi connectivity index (χ3n) is 2.22. The summed E-state index contributed by atoms with van der Waals surface area (Å²) in [7, 11) is 0. The summed E-state index contributed by atoms with van der Waals surface area (Å²) in [6, 6.07) is 10.3. The predicted octanol–water partition coefficient (Wildman–Crippen LogP) is 2.15. The molecular weight excluding hydrogens is 190 g/mol. The smallest absolute Gasteiger partial charge is 0.172 e. The van der Waals surface area contributed by atoms with Crippen molar-refractivity contribution in [2.75, 3.05) is 0 Å². The van der Waals surface area contributed by atoms with Crippen LogP contribution < -0.4 is 0 Å². The monoisotopic (exact) mass is 201 g/mol. The van der Waals surface area contributed by atoms with E-state index in [1.54, 1.807) is 24.4 Å². The molecule has 3 heteroatoms. The number of rotatable bonds is 3. The molecule has 0 saturated heterocycles. The lowest BCUT2D eigenvalue weighted by Crippen LogP contribution is -2.03. The van der Waals surface area contributed by atoms with E-state index in [1.807, 2.05) is 12.1 Å². The fourth-order valence-electron chi connectivity index (χ4n) is 1.46. The number of hydrogen-bond acceptors (Lipinski definition) is 2. The molecule has 0 radical (unpaired) electrons. The molecule has 0 aliphatic heterocycles. The van der Waals surface area contributed by atoms with Crippen LogP contribution in [0.25, 0.3) is 0 Å². The van der Waals surface area contributed by atoms with Gasteiger partial charge in [0.25, 0.3) is 0 Å². The molecule has 2 N–H and O–H groups in total. The van der Waals surface area contributed by atoms with E-state index in [4.69, 9.17) is 0 Å². The molecule has 2 rings (SSSR count). The molecule has 15 heavy (non-hydrogen) atoms. The average Bonchev–Trinajstić information content (AvgIpc) is 2.71. The van der Waals surface area contributed by atoms with Crippen molar-refractivity contribution in [3.8, 4) is 5.75 Å². The summed E-state index contributed by atoms with van der Waals surface area (Å²) < 4.78 is 0. The standard InChI is InChI=1S/C12H11NO2/c14-11-6-2-1-5-10(11)12(15)8-9-4-3-7-13-9/h1-7,13-14H,8H2. The number of H-pyrrole nitrogens is 1. The Kier molecular flexibility index (Phi) is 2.54. The summed E-state index contributed by atoms with van der Waals surface area (Å²) in [5, 5.41) is 9.48. The SMILES string of the molecule is O=C(Cc1ccc[nH]1)c1ccccc1O. The van der Waals surface area contributed by atoms with E-state index >= 15 is 0 Å². The first-order chi connectivity index (χ1) is 7.27. The highest BCUT2D eigenvalue weighted by Gasteiger charge is 2.10. The Morgan fingerprint density at radius 1 is 1.20 bits per heavy atom. The van der Waals surface area contributed by atoms with Gasteiger partial charge in [0.2, 0.25) is 0 Å². The summed E-state index contributed by atoms with van der Waals surface area (Å²) in [5.74, 6) is -0.0513. The molecule has 0 saturated carbocycles. The van der Waals surface area contributed by atoms with E-state index in [-0.39, 0.29) is 18.0 Å². The van der Waals surface area contributed by atoms with E-state index in [1.165, 1.54) is 6.07 Å². The quantitative estimate of drug-likeness (QED) is 0.747. The molecule has 0 amide bonds. The van der Waals surface area contributed by atoms with E-state index < -0.39 is 0 Å². The van der Waals surface area contributed by atoms with Gasteiger partial charge in [-0.3, -0.25) is 4.79 Å². The van der Waals surface area contributed by atoms with Crippen LogP contribution in [0.15, 0.2) is 42.6 Å². The number of aromatic amines is 1. The lowest BCUT2D eigenvalue weighted by molar-refractivity contribution is 0.0989. The number of ketones is 1. The van der Waals surface area contributed by atoms with Gasteiger partial charge in [-0.05, 0) is 24.3 Å². The molecule has 0 unspecified atom stereocenters. The minimum atomic E-state index is -0.0875. The zero-order chi connectivity index (χ0) is 10.7. The van der Waals surface area contributed by atoms with Gasteiger partial charge in [-0.25, -0.2) is 0 Å². The molecule has 0 spiro atoms. The Labute approximate surface area is 87.4 Å². The number of Topliss-reactive ketones (excluding diaryl/α,β-unsaturated/α-hetero) is 1. The van der Waals surface area contributed by atoms with Crippen molar-refractivity contribution in [3.63, 3.8) is 0 Å². The minimum Gasteiger partial charge on any atom is -0.507 e. The lowest BCUT2D eigenvalue weighted by Gasteiger charge is -2.01. The molecule has 76 valence electrons. The number of phenolic OH excluding ortho intramolecular Hbond substituents is 1. The summed E-state index contributed by atoms with van der Waals surface area (Å²) in [5.41, 5.74) is 1.22. The van der Waals surface area contributed by atoms with Gasteiger partial charge in [0.1, 0.15) is 5.75 Å². The third kappa shape index (κ3) is 2.07. The van der Waals surface area contributed by atoms with Crippen LogP contribution >= 0.6 is 0 Å². The number of para-hydroxylation sites is 1. The zero-order valence-electron chi connectivity index (χ0n) is 8.10. The fourth-order valence-corrected chi connectivity index (χ4v) is 1.46. The molecule has 0 bridgehead atoms.